The normalized spacial score (nSPS) is 17.8. The Hall–Kier alpha value is -3.97. The van der Waals surface area contributed by atoms with Crippen LogP contribution in [0.1, 0.15) is 6.42 Å². The number of piperidine rings is 1. The molecule has 0 radical (unpaired) electrons. The van der Waals surface area contributed by atoms with Crippen LogP contribution in [0.5, 0.6) is 11.6 Å². The smallest absolute Gasteiger partial charge is 0.388 e. The van der Waals surface area contributed by atoms with Gasteiger partial charge in [0.2, 0.25) is 5.88 Å². The van der Waals surface area contributed by atoms with Crippen LogP contribution < -0.4 is 20.1 Å². The van der Waals surface area contributed by atoms with Gasteiger partial charge < -0.3 is 20.1 Å². The lowest BCUT2D eigenvalue weighted by Gasteiger charge is -2.28. The maximum absolute atomic E-state index is 14.8. The Kier molecular flexibility index (Phi) is 6.45. The average molecular weight is 542 g/mol. The van der Waals surface area contributed by atoms with Gasteiger partial charge in [0.1, 0.15) is 30.2 Å². The molecule has 2 aromatic carbocycles. The first kappa shape index (κ1) is 24.4. The molecule has 0 spiro atoms. The van der Waals surface area contributed by atoms with Gasteiger partial charge in [0.25, 0.3) is 0 Å². The van der Waals surface area contributed by atoms with E-state index in [1.54, 1.807) is 30.9 Å². The number of ether oxygens (including phenoxy) is 2. The van der Waals surface area contributed by atoms with Crippen molar-refractivity contribution in [2.24, 2.45) is 7.05 Å². The Morgan fingerprint density at radius 1 is 1.16 bits per heavy atom. The summed E-state index contributed by atoms with van der Waals surface area (Å²) in [6.45, 7) is -2.27. The van der Waals surface area contributed by atoms with Gasteiger partial charge >= 0.3 is 6.61 Å². The second-order valence-electron chi connectivity index (χ2n) is 8.82. The largest absolute Gasteiger partial charge is 0.486 e. The van der Waals surface area contributed by atoms with E-state index in [0.29, 0.717) is 46.6 Å². The number of aromatic nitrogens is 5. The van der Waals surface area contributed by atoms with E-state index in [1.165, 1.54) is 22.3 Å². The fraction of sp³-hybridized carbons (Fsp3) is 0.280. The number of rotatable bonds is 7. The van der Waals surface area contributed by atoms with Crippen molar-refractivity contribution in [1.29, 1.82) is 0 Å². The molecular formula is C25H22F3N7O2S. The predicted molar refractivity (Wildman–Crippen MR) is 138 cm³/mol. The Morgan fingerprint density at radius 2 is 2.05 bits per heavy atom. The zero-order valence-corrected chi connectivity index (χ0v) is 20.9. The standard InChI is InChI=1S/C25H22F3N7O2S/c1-35-10-15(24(34-35)37-25(27)28)13-6-18-22(20(7-13)36-19-4-5-29-9-16(19)26)23(31-11-30-18)33-14-2-3-17-21(8-14)38-12-32-17/h2-3,6-8,10-12,16,19,25,29H,4-5,9H2,1H3,(H,30,31,33)/t16?,19-/m0/s1. The van der Waals surface area contributed by atoms with Gasteiger partial charge in [0, 0.05) is 25.5 Å². The summed E-state index contributed by atoms with van der Waals surface area (Å²) in [6, 6.07) is 9.13. The lowest BCUT2D eigenvalue weighted by molar-refractivity contribution is -0.0527. The van der Waals surface area contributed by atoms with Gasteiger partial charge in [-0.15, -0.1) is 16.4 Å². The maximum atomic E-state index is 14.8. The topological polar surface area (TPSA) is 99.0 Å². The van der Waals surface area contributed by atoms with Crippen molar-refractivity contribution in [1.82, 2.24) is 30.0 Å². The van der Waals surface area contributed by atoms with Gasteiger partial charge in [-0.2, -0.15) is 8.78 Å². The molecule has 1 fully saturated rings. The highest BCUT2D eigenvalue weighted by atomic mass is 32.1. The molecule has 2 N–H and O–H groups in total. The van der Waals surface area contributed by atoms with E-state index >= 15 is 0 Å². The highest BCUT2D eigenvalue weighted by Gasteiger charge is 2.28. The Labute approximate surface area is 218 Å². The second-order valence-corrected chi connectivity index (χ2v) is 9.70. The van der Waals surface area contributed by atoms with Crippen molar-refractivity contribution in [2.45, 2.75) is 25.3 Å². The number of benzene rings is 2. The lowest BCUT2D eigenvalue weighted by Crippen LogP contribution is -2.44. The monoisotopic (exact) mass is 541 g/mol. The van der Waals surface area contributed by atoms with E-state index in [1.807, 2.05) is 18.2 Å². The van der Waals surface area contributed by atoms with Crippen molar-refractivity contribution in [2.75, 3.05) is 18.4 Å². The predicted octanol–water partition coefficient (Wildman–Crippen LogP) is 5.06. The minimum atomic E-state index is -3.05. The summed E-state index contributed by atoms with van der Waals surface area (Å²) in [5, 5.41) is 10.9. The van der Waals surface area contributed by atoms with Crippen molar-refractivity contribution in [3.05, 3.63) is 48.4 Å². The summed E-state index contributed by atoms with van der Waals surface area (Å²) in [5.74, 6) is 0.546. The first-order chi connectivity index (χ1) is 18.4. The quantitative estimate of drug-likeness (QED) is 0.295. The number of alkyl halides is 3. The number of hydrogen-bond acceptors (Lipinski definition) is 9. The summed E-state index contributed by atoms with van der Waals surface area (Å²) >= 11 is 1.52. The van der Waals surface area contributed by atoms with Crippen LogP contribution in [0.25, 0.3) is 32.2 Å². The van der Waals surface area contributed by atoms with Crippen LogP contribution >= 0.6 is 11.3 Å². The van der Waals surface area contributed by atoms with Crippen LogP contribution in [0.4, 0.5) is 24.7 Å². The van der Waals surface area contributed by atoms with Crippen molar-refractivity contribution >= 4 is 44.0 Å². The number of hydrogen-bond donors (Lipinski definition) is 2. The first-order valence-electron chi connectivity index (χ1n) is 11.8. The van der Waals surface area contributed by atoms with Crippen LogP contribution in [-0.4, -0.2) is 56.7 Å². The number of anilines is 2. The van der Waals surface area contributed by atoms with Crippen molar-refractivity contribution in [3.63, 3.8) is 0 Å². The van der Waals surface area contributed by atoms with Gasteiger partial charge in [0.15, 0.2) is 0 Å². The Morgan fingerprint density at radius 3 is 2.89 bits per heavy atom. The molecular weight excluding hydrogens is 519 g/mol. The Balaban J connectivity index is 1.48. The van der Waals surface area contributed by atoms with Gasteiger partial charge in [-0.05, 0) is 48.9 Å². The fourth-order valence-electron chi connectivity index (χ4n) is 4.50. The molecule has 1 aliphatic rings. The third kappa shape index (κ3) is 4.82. The number of thiazole rings is 1. The van der Waals surface area contributed by atoms with Crippen LogP contribution in [0.2, 0.25) is 0 Å². The van der Waals surface area contributed by atoms with Crippen molar-refractivity contribution in [3.8, 4) is 22.8 Å². The summed E-state index contributed by atoms with van der Waals surface area (Å²) in [4.78, 5) is 13.2. The molecule has 1 unspecified atom stereocenters. The van der Waals surface area contributed by atoms with Gasteiger partial charge in [-0.1, -0.05) is 0 Å². The molecule has 4 heterocycles. The van der Waals surface area contributed by atoms with E-state index in [0.717, 1.165) is 15.9 Å². The minimum Gasteiger partial charge on any atom is -0.486 e. The number of nitrogens with zero attached hydrogens (tertiary/aromatic N) is 5. The number of nitrogens with one attached hydrogen (secondary N) is 2. The molecule has 5 aromatic rings. The highest BCUT2D eigenvalue weighted by Crippen LogP contribution is 2.40. The van der Waals surface area contributed by atoms with Crippen LogP contribution in [0.3, 0.4) is 0 Å². The summed E-state index contributed by atoms with van der Waals surface area (Å²) in [6.07, 6.45) is 1.48. The molecule has 38 heavy (non-hydrogen) atoms. The zero-order chi connectivity index (χ0) is 26.2. The average Bonchev–Trinajstić information content (AvgIpc) is 3.50. The summed E-state index contributed by atoms with van der Waals surface area (Å²) in [5.41, 5.74) is 4.73. The summed E-state index contributed by atoms with van der Waals surface area (Å²) < 4.78 is 54.2. The van der Waals surface area contributed by atoms with Crippen LogP contribution in [-0.2, 0) is 7.05 Å². The number of aryl methyl sites for hydroxylation is 1. The first-order valence-corrected chi connectivity index (χ1v) is 12.7. The van der Waals surface area contributed by atoms with Gasteiger partial charge in [0.05, 0.1) is 32.2 Å². The molecule has 0 amide bonds. The summed E-state index contributed by atoms with van der Waals surface area (Å²) in [7, 11) is 1.60. The minimum absolute atomic E-state index is 0.174. The molecule has 2 atom stereocenters. The van der Waals surface area contributed by atoms with Crippen molar-refractivity contribution < 1.29 is 22.6 Å². The molecule has 9 nitrogen and oxygen atoms in total. The SMILES string of the molecule is Cn1cc(-c2cc(O[C@H]3CCNCC3F)c3c(Nc4ccc5ncsc5c4)ncnc3c2)c(OC(F)F)n1. The van der Waals surface area contributed by atoms with Crippen LogP contribution in [0.15, 0.2) is 48.4 Å². The molecule has 1 saturated heterocycles. The third-order valence-corrected chi connectivity index (χ3v) is 7.02. The number of fused-ring (bicyclic) bond motifs is 2. The zero-order valence-electron chi connectivity index (χ0n) is 20.1. The van der Waals surface area contributed by atoms with E-state index < -0.39 is 18.9 Å². The fourth-order valence-corrected chi connectivity index (χ4v) is 5.21. The van der Waals surface area contributed by atoms with Crippen LogP contribution in [0, 0.1) is 0 Å². The van der Waals surface area contributed by atoms with E-state index in [-0.39, 0.29) is 12.4 Å². The Bertz CT molecular complexity index is 1610. The van der Waals surface area contributed by atoms with E-state index in [4.69, 9.17) is 4.74 Å². The molecule has 196 valence electrons. The molecule has 0 aliphatic carbocycles. The highest BCUT2D eigenvalue weighted by molar-refractivity contribution is 7.16. The number of halogens is 3. The molecule has 3 aromatic heterocycles. The molecule has 6 rings (SSSR count). The molecule has 1 aliphatic heterocycles. The van der Waals surface area contributed by atoms with E-state index in [2.05, 4.69) is 35.4 Å². The molecule has 0 bridgehead atoms. The maximum Gasteiger partial charge on any atom is 0.388 e. The van der Waals surface area contributed by atoms with E-state index in [9.17, 15) is 13.2 Å². The lowest BCUT2D eigenvalue weighted by atomic mass is 10.0. The molecule has 0 saturated carbocycles. The second kappa shape index (κ2) is 10.1. The van der Waals surface area contributed by atoms with Gasteiger partial charge in [-0.3, -0.25) is 4.68 Å². The van der Waals surface area contributed by atoms with Gasteiger partial charge in [-0.25, -0.2) is 19.3 Å². The third-order valence-electron chi connectivity index (χ3n) is 6.23. The molecule has 13 heteroatoms.